The maximum absolute atomic E-state index is 12.4. The number of Topliss-reactive ketones (excluding diaryl/α,β-unsaturated/α-hetero) is 1. The number of nitrogens with two attached hydrogens (primary N) is 2. The second kappa shape index (κ2) is 9.81. The number of nitrogens with zero attached hydrogens (tertiary/aromatic N) is 3. The minimum Gasteiger partial charge on any atom is -0.399 e. The fourth-order valence-electron chi connectivity index (χ4n) is 4.22. The van der Waals surface area contributed by atoms with Crippen molar-refractivity contribution in [1.82, 2.24) is 14.5 Å². The molecule has 32 heavy (non-hydrogen) atoms. The molecule has 0 fully saturated rings. The lowest BCUT2D eigenvalue weighted by Gasteiger charge is -2.11. The average Bonchev–Trinajstić information content (AvgIpc) is 3.17. The fraction of sp³-hybridized carbons (Fsp3) is 0.346. The maximum Gasteiger partial charge on any atom is 0.162 e. The van der Waals surface area contributed by atoms with Gasteiger partial charge in [-0.05, 0) is 49.6 Å². The number of imidazole rings is 1. The van der Waals surface area contributed by atoms with Crippen LogP contribution in [0.5, 0.6) is 0 Å². The second-order valence-corrected chi connectivity index (χ2v) is 8.35. The van der Waals surface area contributed by atoms with Crippen LogP contribution in [-0.4, -0.2) is 20.3 Å². The minimum atomic E-state index is 0.173. The van der Waals surface area contributed by atoms with Gasteiger partial charge < -0.3 is 16.0 Å². The Bertz CT molecular complexity index is 1230. The van der Waals surface area contributed by atoms with Crippen LogP contribution in [0.3, 0.4) is 0 Å². The van der Waals surface area contributed by atoms with Crippen molar-refractivity contribution in [1.29, 1.82) is 0 Å². The van der Waals surface area contributed by atoms with E-state index in [4.69, 9.17) is 16.5 Å². The molecule has 0 bridgehead atoms. The summed E-state index contributed by atoms with van der Waals surface area (Å²) in [4.78, 5) is 21.8. The monoisotopic (exact) mass is 429 g/mol. The Morgan fingerprint density at radius 1 is 0.938 bits per heavy atom. The number of nitrogen functional groups attached to an aromatic ring is 2. The first-order valence-electron chi connectivity index (χ1n) is 11.5. The van der Waals surface area contributed by atoms with Crippen LogP contribution in [0.25, 0.3) is 21.9 Å². The fourth-order valence-corrected chi connectivity index (χ4v) is 4.22. The second-order valence-electron chi connectivity index (χ2n) is 8.35. The van der Waals surface area contributed by atoms with Gasteiger partial charge in [-0.1, -0.05) is 38.0 Å². The highest BCUT2D eigenvalue weighted by Crippen LogP contribution is 2.29. The van der Waals surface area contributed by atoms with Gasteiger partial charge in [0.05, 0.1) is 11.0 Å². The zero-order valence-corrected chi connectivity index (χ0v) is 18.7. The lowest BCUT2D eigenvalue weighted by molar-refractivity contribution is 0.0979. The van der Waals surface area contributed by atoms with E-state index in [0.29, 0.717) is 17.9 Å². The molecule has 6 heteroatoms. The number of benzene rings is 2. The third-order valence-electron chi connectivity index (χ3n) is 5.96. The number of hydrogen-bond donors (Lipinski definition) is 2. The van der Waals surface area contributed by atoms with E-state index in [1.165, 1.54) is 0 Å². The molecule has 0 aliphatic carbocycles. The molecule has 0 radical (unpaired) electrons. The molecule has 0 spiro atoms. The highest BCUT2D eigenvalue weighted by molar-refractivity contribution is 6.06. The van der Waals surface area contributed by atoms with E-state index >= 15 is 0 Å². The molecule has 0 saturated carbocycles. The number of aromatic nitrogens is 3. The number of carbonyl (C=O) groups excluding carboxylic acids is 1. The molecule has 4 rings (SSSR count). The molecule has 0 aliphatic heterocycles. The van der Waals surface area contributed by atoms with E-state index in [1.54, 1.807) is 24.3 Å². The Morgan fingerprint density at radius 2 is 1.72 bits per heavy atom. The Kier molecular flexibility index (Phi) is 6.69. The Hall–Kier alpha value is -3.41. The zero-order valence-electron chi connectivity index (χ0n) is 18.7. The van der Waals surface area contributed by atoms with Crippen molar-refractivity contribution in [3.63, 3.8) is 0 Å². The predicted molar refractivity (Wildman–Crippen MR) is 132 cm³/mol. The van der Waals surface area contributed by atoms with Crippen LogP contribution < -0.4 is 11.5 Å². The normalized spacial score (nSPS) is 11.4. The summed E-state index contributed by atoms with van der Waals surface area (Å²) in [7, 11) is 0. The standard InChI is InChI=1S/C26H31N5O/c1-2-3-12-23-30-24-25(20-9-6-7-10-21(20)29-26(24)28)31(23)17-8-4-5-11-22(32)18-13-15-19(27)16-14-18/h6-7,9-10,13-16H,2-5,8,11-12,17,27H2,1H3,(H2,28,29). The van der Waals surface area contributed by atoms with Crippen LogP contribution in [0.4, 0.5) is 11.5 Å². The van der Waals surface area contributed by atoms with Crippen molar-refractivity contribution in [2.24, 2.45) is 0 Å². The van der Waals surface area contributed by atoms with Gasteiger partial charge in [-0.2, -0.15) is 0 Å². The quantitative estimate of drug-likeness (QED) is 0.196. The van der Waals surface area contributed by atoms with Crippen molar-refractivity contribution in [2.75, 3.05) is 11.5 Å². The summed E-state index contributed by atoms with van der Waals surface area (Å²) in [6.45, 7) is 3.05. The number of hydrogen-bond acceptors (Lipinski definition) is 5. The van der Waals surface area contributed by atoms with E-state index in [-0.39, 0.29) is 5.78 Å². The van der Waals surface area contributed by atoms with Gasteiger partial charge in [-0.25, -0.2) is 9.97 Å². The summed E-state index contributed by atoms with van der Waals surface area (Å²) < 4.78 is 2.33. The highest BCUT2D eigenvalue weighted by Gasteiger charge is 2.17. The SMILES string of the molecule is CCCCc1nc2c(N)nc3ccccc3c2n1CCCCCC(=O)c1ccc(N)cc1. The minimum absolute atomic E-state index is 0.173. The number of unbranched alkanes of at least 4 members (excludes halogenated alkanes) is 3. The number of carbonyl (C=O) groups is 1. The van der Waals surface area contributed by atoms with Gasteiger partial charge in [0.1, 0.15) is 11.3 Å². The largest absolute Gasteiger partial charge is 0.399 e. The summed E-state index contributed by atoms with van der Waals surface area (Å²) in [6.07, 6.45) is 6.51. The number of pyridine rings is 1. The first-order chi connectivity index (χ1) is 15.6. The number of aryl methyl sites for hydroxylation is 2. The summed E-state index contributed by atoms with van der Waals surface area (Å²) >= 11 is 0. The average molecular weight is 430 g/mol. The number of rotatable bonds is 10. The number of ketones is 1. The van der Waals surface area contributed by atoms with Crippen molar-refractivity contribution < 1.29 is 4.79 Å². The molecule has 6 nitrogen and oxygen atoms in total. The van der Waals surface area contributed by atoms with Gasteiger partial charge in [0.25, 0.3) is 0 Å². The Morgan fingerprint density at radius 3 is 2.50 bits per heavy atom. The third-order valence-corrected chi connectivity index (χ3v) is 5.96. The smallest absolute Gasteiger partial charge is 0.162 e. The lowest BCUT2D eigenvalue weighted by atomic mass is 10.0. The molecule has 0 unspecified atom stereocenters. The van der Waals surface area contributed by atoms with Crippen molar-refractivity contribution in [3.8, 4) is 0 Å². The lowest BCUT2D eigenvalue weighted by Crippen LogP contribution is -2.05. The van der Waals surface area contributed by atoms with E-state index in [9.17, 15) is 4.79 Å². The van der Waals surface area contributed by atoms with Gasteiger partial charge >= 0.3 is 0 Å². The number of para-hydroxylation sites is 1. The first-order valence-corrected chi connectivity index (χ1v) is 11.5. The van der Waals surface area contributed by atoms with Crippen LogP contribution in [0.2, 0.25) is 0 Å². The van der Waals surface area contributed by atoms with Crippen LogP contribution in [0.15, 0.2) is 48.5 Å². The molecule has 2 heterocycles. The van der Waals surface area contributed by atoms with Gasteiger partial charge in [-0.3, -0.25) is 4.79 Å². The molecule has 0 amide bonds. The van der Waals surface area contributed by atoms with Crippen molar-refractivity contribution >= 4 is 39.2 Å². The first kappa shape index (κ1) is 21.8. The Balaban J connectivity index is 1.49. The highest BCUT2D eigenvalue weighted by atomic mass is 16.1. The number of fused-ring (bicyclic) bond motifs is 3. The maximum atomic E-state index is 12.4. The topological polar surface area (TPSA) is 99.8 Å². The van der Waals surface area contributed by atoms with E-state index in [2.05, 4.69) is 22.5 Å². The summed E-state index contributed by atoms with van der Waals surface area (Å²) in [5, 5.41) is 1.09. The molecule has 0 atom stereocenters. The number of anilines is 2. The zero-order chi connectivity index (χ0) is 22.5. The van der Waals surface area contributed by atoms with Crippen LogP contribution in [-0.2, 0) is 13.0 Å². The molecular formula is C26H31N5O. The molecule has 2 aromatic heterocycles. The molecule has 0 saturated heterocycles. The van der Waals surface area contributed by atoms with Crippen LogP contribution in [0.1, 0.15) is 61.6 Å². The predicted octanol–water partition coefficient (Wildman–Crippen LogP) is 5.53. The van der Waals surface area contributed by atoms with Gasteiger partial charge in [0.2, 0.25) is 0 Å². The molecular weight excluding hydrogens is 398 g/mol. The third kappa shape index (κ3) is 4.59. The van der Waals surface area contributed by atoms with Crippen molar-refractivity contribution in [2.45, 2.75) is 58.4 Å². The van der Waals surface area contributed by atoms with Gasteiger partial charge in [0.15, 0.2) is 11.6 Å². The van der Waals surface area contributed by atoms with E-state index in [1.807, 2.05) is 18.2 Å². The van der Waals surface area contributed by atoms with Crippen LogP contribution >= 0.6 is 0 Å². The molecule has 166 valence electrons. The summed E-state index contributed by atoms with van der Waals surface area (Å²) in [6, 6.07) is 15.3. The van der Waals surface area contributed by atoms with Crippen molar-refractivity contribution in [3.05, 3.63) is 59.9 Å². The molecule has 2 aromatic carbocycles. The summed E-state index contributed by atoms with van der Waals surface area (Å²) in [5.41, 5.74) is 16.2. The Labute approximate surface area is 188 Å². The molecule has 4 N–H and O–H groups in total. The van der Waals surface area contributed by atoms with Gasteiger partial charge in [-0.15, -0.1) is 0 Å². The molecule has 0 aliphatic rings. The molecule has 4 aromatic rings. The van der Waals surface area contributed by atoms with E-state index < -0.39 is 0 Å². The van der Waals surface area contributed by atoms with Gasteiger partial charge in [0, 0.05) is 36.0 Å². The van der Waals surface area contributed by atoms with E-state index in [0.717, 1.165) is 78.4 Å². The summed E-state index contributed by atoms with van der Waals surface area (Å²) in [5.74, 6) is 1.74. The van der Waals surface area contributed by atoms with Crippen LogP contribution in [0, 0.1) is 0 Å².